The average molecular weight is 314 g/mol. The molecule has 2 aliphatic heterocycles. The molecule has 0 bridgehead atoms. The molecule has 2 atom stereocenters. The van der Waals surface area contributed by atoms with Gasteiger partial charge in [-0.3, -0.25) is 4.79 Å². The van der Waals surface area contributed by atoms with E-state index >= 15 is 0 Å². The summed E-state index contributed by atoms with van der Waals surface area (Å²) in [6.07, 6.45) is 0.941. The molecule has 2 heterocycles. The van der Waals surface area contributed by atoms with Gasteiger partial charge in [0, 0.05) is 11.8 Å². The lowest BCUT2D eigenvalue weighted by atomic mass is 10.1. The highest BCUT2D eigenvalue weighted by Crippen LogP contribution is 2.45. The second kappa shape index (κ2) is 5.74. The van der Waals surface area contributed by atoms with Crippen LogP contribution in [0, 0.1) is 0 Å². The average Bonchev–Trinajstić information content (AvgIpc) is 3.11. The van der Waals surface area contributed by atoms with Gasteiger partial charge in [-0.15, -0.1) is 23.4 Å². The zero-order valence-corrected chi connectivity index (χ0v) is 12.7. The summed E-state index contributed by atoms with van der Waals surface area (Å²) < 4.78 is 10.7. The van der Waals surface area contributed by atoms with Gasteiger partial charge < -0.3 is 14.4 Å². The molecule has 6 heteroatoms. The Morgan fingerprint density at radius 2 is 2.25 bits per heavy atom. The molecule has 108 valence electrons. The van der Waals surface area contributed by atoms with E-state index in [1.54, 1.807) is 11.8 Å². The lowest BCUT2D eigenvalue weighted by Gasteiger charge is -2.28. The molecule has 1 aromatic carbocycles. The van der Waals surface area contributed by atoms with Gasteiger partial charge in [-0.05, 0) is 24.1 Å². The fourth-order valence-corrected chi connectivity index (χ4v) is 4.32. The number of benzene rings is 1. The Balaban J connectivity index is 1.90. The molecule has 0 N–H and O–H groups in total. The van der Waals surface area contributed by atoms with Gasteiger partial charge in [0.1, 0.15) is 11.3 Å². The standard InChI is InChI=1S/C14H16ClNO3S/c1-2-10-7-20-14(16(10)13(17)6-15)9-3-4-11-12(5-9)19-8-18-11/h3-5,10,14H,2,6-8H2,1H3/t10-,14-/m1/s1. The van der Waals surface area contributed by atoms with Crippen LogP contribution >= 0.6 is 23.4 Å². The fraction of sp³-hybridized carbons (Fsp3) is 0.500. The number of alkyl halides is 1. The van der Waals surface area contributed by atoms with Crippen LogP contribution in [0.1, 0.15) is 24.3 Å². The molecule has 0 radical (unpaired) electrons. The molecule has 2 aliphatic rings. The second-order valence-corrected chi connectivity index (χ2v) is 6.18. The zero-order valence-electron chi connectivity index (χ0n) is 11.2. The fourth-order valence-electron chi connectivity index (χ4n) is 2.60. The van der Waals surface area contributed by atoms with Gasteiger partial charge in [0.15, 0.2) is 11.5 Å². The molecule has 1 fully saturated rings. The number of hydrogen-bond acceptors (Lipinski definition) is 4. The van der Waals surface area contributed by atoms with Gasteiger partial charge in [-0.1, -0.05) is 13.0 Å². The Bertz CT molecular complexity index is 525. The monoisotopic (exact) mass is 313 g/mol. The van der Waals surface area contributed by atoms with Crippen molar-refractivity contribution >= 4 is 29.3 Å². The van der Waals surface area contributed by atoms with Gasteiger partial charge in [0.25, 0.3) is 0 Å². The smallest absolute Gasteiger partial charge is 0.238 e. The van der Waals surface area contributed by atoms with E-state index in [0.29, 0.717) is 0 Å². The maximum Gasteiger partial charge on any atom is 0.238 e. The number of fused-ring (bicyclic) bond motifs is 1. The van der Waals surface area contributed by atoms with Crippen molar-refractivity contribution in [2.45, 2.75) is 24.8 Å². The molecule has 20 heavy (non-hydrogen) atoms. The number of thioether (sulfide) groups is 1. The molecule has 1 aromatic rings. The number of ether oxygens (including phenoxy) is 2. The first kappa shape index (κ1) is 13.9. The molecule has 1 amide bonds. The second-order valence-electron chi connectivity index (χ2n) is 4.80. The van der Waals surface area contributed by atoms with Crippen molar-refractivity contribution < 1.29 is 14.3 Å². The summed E-state index contributed by atoms with van der Waals surface area (Å²) in [7, 11) is 0. The van der Waals surface area contributed by atoms with Crippen molar-refractivity contribution in [3.05, 3.63) is 23.8 Å². The largest absolute Gasteiger partial charge is 0.454 e. The summed E-state index contributed by atoms with van der Waals surface area (Å²) in [4.78, 5) is 14.0. The molecule has 0 aromatic heterocycles. The molecule has 0 saturated carbocycles. The third-order valence-electron chi connectivity index (χ3n) is 3.65. The van der Waals surface area contributed by atoms with Crippen LogP contribution in [0.25, 0.3) is 0 Å². The van der Waals surface area contributed by atoms with Crippen molar-refractivity contribution in [1.82, 2.24) is 4.90 Å². The minimum Gasteiger partial charge on any atom is -0.454 e. The molecular formula is C14H16ClNO3S. The van der Waals surface area contributed by atoms with E-state index in [2.05, 4.69) is 6.92 Å². The van der Waals surface area contributed by atoms with Crippen LogP contribution in [0.5, 0.6) is 11.5 Å². The minimum atomic E-state index is -0.00816. The van der Waals surface area contributed by atoms with Crippen LogP contribution in [0.2, 0.25) is 0 Å². The minimum absolute atomic E-state index is 0.00816. The summed E-state index contributed by atoms with van der Waals surface area (Å²) in [5.41, 5.74) is 1.06. The van der Waals surface area contributed by atoms with Crippen molar-refractivity contribution in [2.75, 3.05) is 18.4 Å². The van der Waals surface area contributed by atoms with Crippen LogP contribution in [0.4, 0.5) is 0 Å². The summed E-state index contributed by atoms with van der Waals surface area (Å²) >= 11 is 7.53. The third kappa shape index (κ3) is 2.33. The zero-order chi connectivity index (χ0) is 14.1. The van der Waals surface area contributed by atoms with Crippen molar-refractivity contribution in [1.29, 1.82) is 0 Å². The predicted octanol–water partition coefficient (Wildman–Crippen LogP) is 3.01. The maximum atomic E-state index is 12.1. The number of carbonyl (C=O) groups is 1. The van der Waals surface area contributed by atoms with E-state index in [-0.39, 0.29) is 30.0 Å². The summed E-state index contributed by atoms with van der Waals surface area (Å²) in [6.45, 7) is 2.36. The van der Waals surface area contributed by atoms with Gasteiger partial charge in [-0.25, -0.2) is 0 Å². The summed E-state index contributed by atoms with van der Waals surface area (Å²) in [5, 5.41) is 0.0145. The number of halogens is 1. The lowest BCUT2D eigenvalue weighted by molar-refractivity contribution is -0.130. The highest BCUT2D eigenvalue weighted by Gasteiger charge is 2.37. The molecular weight excluding hydrogens is 298 g/mol. The van der Waals surface area contributed by atoms with E-state index in [1.807, 2.05) is 23.1 Å². The normalized spacial score (nSPS) is 24.2. The number of rotatable bonds is 3. The van der Waals surface area contributed by atoms with E-state index < -0.39 is 0 Å². The van der Waals surface area contributed by atoms with E-state index in [1.165, 1.54) is 0 Å². The first-order valence-corrected chi connectivity index (χ1v) is 8.21. The van der Waals surface area contributed by atoms with Crippen molar-refractivity contribution in [3.8, 4) is 11.5 Å². The van der Waals surface area contributed by atoms with E-state index in [9.17, 15) is 4.79 Å². The summed E-state index contributed by atoms with van der Waals surface area (Å²) in [5.74, 6) is 2.47. The van der Waals surface area contributed by atoms with Gasteiger partial charge >= 0.3 is 0 Å². The Labute approximate surface area is 127 Å². The van der Waals surface area contributed by atoms with Gasteiger partial charge in [0.05, 0.1) is 0 Å². The quantitative estimate of drug-likeness (QED) is 0.804. The first-order chi connectivity index (χ1) is 9.74. The van der Waals surface area contributed by atoms with Crippen molar-refractivity contribution in [2.24, 2.45) is 0 Å². The first-order valence-electron chi connectivity index (χ1n) is 6.63. The predicted molar refractivity (Wildman–Crippen MR) is 79.4 cm³/mol. The number of nitrogens with zero attached hydrogens (tertiary/aromatic N) is 1. The topological polar surface area (TPSA) is 38.8 Å². The molecule has 1 saturated heterocycles. The van der Waals surface area contributed by atoms with Crippen LogP contribution in [0.15, 0.2) is 18.2 Å². The van der Waals surface area contributed by atoms with E-state index in [0.717, 1.165) is 29.2 Å². The van der Waals surface area contributed by atoms with Crippen LogP contribution in [0.3, 0.4) is 0 Å². The SMILES string of the molecule is CC[C@@H]1CS[C@H](c2ccc3c(c2)OCO3)N1C(=O)CCl. The highest BCUT2D eigenvalue weighted by atomic mass is 35.5. The van der Waals surface area contributed by atoms with Crippen LogP contribution in [-0.2, 0) is 4.79 Å². The Hall–Kier alpha value is -1.07. The van der Waals surface area contributed by atoms with Crippen molar-refractivity contribution in [3.63, 3.8) is 0 Å². The lowest BCUT2D eigenvalue weighted by Crippen LogP contribution is -2.38. The molecule has 3 rings (SSSR count). The molecule has 0 aliphatic carbocycles. The molecule has 4 nitrogen and oxygen atoms in total. The third-order valence-corrected chi connectivity index (χ3v) is 5.27. The Morgan fingerprint density at radius 1 is 1.45 bits per heavy atom. The maximum absolute atomic E-state index is 12.1. The summed E-state index contributed by atoms with van der Waals surface area (Å²) in [6, 6.07) is 6.12. The highest BCUT2D eigenvalue weighted by molar-refractivity contribution is 7.99. The van der Waals surface area contributed by atoms with Crippen LogP contribution in [-0.4, -0.2) is 35.3 Å². The number of amides is 1. The Kier molecular flexibility index (Phi) is 3.98. The van der Waals surface area contributed by atoms with Crippen LogP contribution < -0.4 is 9.47 Å². The number of hydrogen-bond donors (Lipinski definition) is 0. The van der Waals surface area contributed by atoms with Gasteiger partial charge in [0.2, 0.25) is 12.7 Å². The molecule has 0 unspecified atom stereocenters. The molecule has 0 spiro atoms. The van der Waals surface area contributed by atoms with E-state index in [4.69, 9.17) is 21.1 Å². The Morgan fingerprint density at radius 3 is 3.00 bits per heavy atom. The van der Waals surface area contributed by atoms with Gasteiger partial charge in [-0.2, -0.15) is 0 Å². The number of carbonyl (C=O) groups excluding carboxylic acids is 1.